The third-order valence-corrected chi connectivity index (χ3v) is 5.85. The number of rotatable bonds is 6. The molecule has 2 heterocycles. The van der Waals surface area contributed by atoms with Crippen LogP contribution >= 0.6 is 0 Å². The Morgan fingerprint density at radius 2 is 1.79 bits per heavy atom. The van der Waals surface area contributed by atoms with Crippen LogP contribution in [0.5, 0.6) is 0 Å². The summed E-state index contributed by atoms with van der Waals surface area (Å²) >= 11 is 0. The molecule has 7 nitrogen and oxygen atoms in total. The Bertz CT molecular complexity index is 896. The molecule has 2 aromatic rings. The predicted octanol–water partition coefficient (Wildman–Crippen LogP) is 2.95. The maximum Gasteiger partial charge on any atom is 0.233 e. The fourth-order valence-corrected chi connectivity index (χ4v) is 4.47. The number of para-hydroxylation sites is 2. The van der Waals surface area contributed by atoms with Gasteiger partial charge < -0.3 is 4.57 Å². The van der Waals surface area contributed by atoms with Gasteiger partial charge in [0.1, 0.15) is 0 Å². The Hall–Kier alpha value is -2.70. The highest BCUT2D eigenvalue weighted by atomic mass is 16.2. The van der Waals surface area contributed by atoms with E-state index in [0.29, 0.717) is 5.95 Å². The number of nitrogens with zero attached hydrogens (tertiary/aromatic N) is 3. The highest BCUT2D eigenvalue weighted by Gasteiger charge is 2.47. The normalized spacial score (nSPS) is 22.0. The van der Waals surface area contributed by atoms with Crippen molar-refractivity contribution in [1.29, 1.82) is 0 Å². The first-order chi connectivity index (χ1) is 13.6. The average molecular weight is 382 g/mol. The molecule has 4 rings (SSSR count). The van der Waals surface area contributed by atoms with Crippen molar-refractivity contribution < 1.29 is 14.4 Å². The van der Waals surface area contributed by atoms with Crippen LogP contribution in [0, 0.1) is 11.8 Å². The third-order valence-electron chi connectivity index (χ3n) is 5.85. The standard InChI is InChI=1S/C21H26N4O3/c1-2-12-24-17-10-6-5-9-16(17)22-21(24)23-18(26)11-13-25-19(27)14-7-3-4-8-15(14)20(25)28/h5-6,9-10,14-15H,2-4,7-8,11-13H2,1H3,(H,22,23,26)/t14-,15-/m1/s1. The molecule has 2 atom stereocenters. The lowest BCUT2D eigenvalue weighted by Crippen LogP contribution is -2.34. The molecule has 2 fully saturated rings. The second-order valence-electron chi connectivity index (χ2n) is 7.70. The zero-order chi connectivity index (χ0) is 19.7. The average Bonchev–Trinajstić information content (AvgIpc) is 3.16. The van der Waals surface area contributed by atoms with E-state index in [0.717, 1.165) is 49.7 Å². The van der Waals surface area contributed by atoms with Crippen molar-refractivity contribution in [3.05, 3.63) is 24.3 Å². The van der Waals surface area contributed by atoms with Crippen molar-refractivity contribution in [2.24, 2.45) is 11.8 Å². The van der Waals surface area contributed by atoms with Crippen molar-refractivity contribution in [2.75, 3.05) is 11.9 Å². The number of nitrogens with one attached hydrogen (secondary N) is 1. The number of amides is 3. The number of fused-ring (bicyclic) bond motifs is 2. The molecule has 0 unspecified atom stereocenters. The highest BCUT2D eigenvalue weighted by Crippen LogP contribution is 2.38. The quantitative estimate of drug-likeness (QED) is 0.779. The minimum absolute atomic E-state index is 0.0895. The fourth-order valence-electron chi connectivity index (χ4n) is 4.47. The minimum Gasteiger partial charge on any atom is -0.310 e. The Kier molecular flexibility index (Phi) is 5.15. The van der Waals surface area contributed by atoms with Gasteiger partial charge in [-0.1, -0.05) is 31.9 Å². The summed E-state index contributed by atoms with van der Waals surface area (Å²) in [4.78, 5) is 43.4. The highest BCUT2D eigenvalue weighted by molar-refractivity contribution is 6.05. The third kappa shape index (κ3) is 3.30. The van der Waals surface area contributed by atoms with Gasteiger partial charge in [0.25, 0.3) is 0 Å². The van der Waals surface area contributed by atoms with E-state index in [9.17, 15) is 14.4 Å². The molecule has 7 heteroatoms. The molecule has 1 aliphatic heterocycles. The lowest BCUT2D eigenvalue weighted by atomic mass is 9.81. The van der Waals surface area contributed by atoms with Gasteiger partial charge in [0, 0.05) is 19.5 Å². The number of carbonyl (C=O) groups excluding carboxylic acids is 3. The number of aromatic nitrogens is 2. The molecule has 0 spiro atoms. The molecule has 1 aromatic heterocycles. The van der Waals surface area contributed by atoms with Gasteiger partial charge in [0.15, 0.2) is 0 Å². The maximum atomic E-state index is 12.5. The maximum absolute atomic E-state index is 12.5. The first-order valence-corrected chi connectivity index (χ1v) is 10.2. The van der Waals surface area contributed by atoms with E-state index in [1.54, 1.807) is 0 Å². The van der Waals surface area contributed by atoms with Crippen molar-refractivity contribution >= 4 is 34.7 Å². The summed E-state index contributed by atoms with van der Waals surface area (Å²) in [5.74, 6) is -0.249. The van der Waals surface area contributed by atoms with Crippen LogP contribution in [0.25, 0.3) is 11.0 Å². The summed E-state index contributed by atoms with van der Waals surface area (Å²) in [5.41, 5.74) is 1.81. The number of aryl methyl sites for hydroxylation is 1. The predicted molar refractivity (Wildman–Crippen MR) is 105 cm³/mol. The second kappa shape index (κ2) is 7.73. The number of likely N-dealkylation sites (tertiary alicyclic amines) is 1. The molecule has 1 aromatic carbocycles. The van der Waals surface area contributed by atoms with Gasteiger partial charge in [-0.25, -0.2) is 4.98 Å². The van der Waals surface area contributed by atoms with Crippen LogP contribution in [0.1, 0.15) is 45.4 Å². The van der Waals surface area contributed by atoms with E-state index < -0.39 is 0 Å². The zero-order valence-electron chi connectivity index (χ0n) is 16.2. The van der Waals surface area contributed by atoms with E-state index in [-0.39, 0.29) is 42.5 Å². The Labute approximate surface area is 164 Å². The molecule has 1 N–H and O–H groups in total. The first kappa shape index (κ1) is 18.7. The Morgan fingerprint density at radius 3 is 2.46 bits per heavy atom. The lowest BCUT2D eigenvalue weighted by Gasteiger charge is -2.19. The van der Waals surface area contributed by atoms with Crippen LogP contribution in [0.15, 0.2) is 24.3 Å². The molecule has 28 heavy (non-hydrogen) atoms. The summed E-state index contributed by atoms with van der Waals surface area (Å²) in [7, 11) is 0. The SMILES string of the molecule is CCCn1c(NC(=O)CCN2C(=O)[C@@H]3CCCC[C@H]3C2=O)nc2ccccc21. The number of anilines is 1. The number of imide groups is 1. The summed E-state index contributed by atoms with van der Waals surface area (Å²) in [5, 5.41) is 2.86. The smallest absolute Gasteiger partial charge is 0.233 e. The van der Waals surface area contributed by atoms with Crippen molar-refractivity contribution in [1.82, 2.24) is 14.5 Å². The largest absolute Gasteiger partial charge is 0.310 e. The van der Waals surface area contributed by atoms with Crippen LogP contribution in [-0.2, 0) is 20.9 Å². The van der Waals surface area contributed by atoms with E-state index >= 15 is 0 Å². The van der Waals surface area contributed by atoms with E-state index in [2.05, 4.69) is 17.2 Å². The number of imidazole rings is 1. The zero-order valence-corrected chi connectivity index (χ0v) is 16.2. The van der Waals surface area contributed by atoms with E-state index in [1.807, 2.05) is 28.8 Å². The van der Waals surface area contributed by atoms with Crippen LogP contribution in [0.4, 0.5) is 5.95 Å². The number of benzene rings is 1. The van der Waals surface area contributed by atoms with E-state index in [4.69, 9.17) is 0 Å². The number of hydrogen-bond acceptors (Lipinski definition) is 4. The Balaban J connectivity index is 1.42. The molecule has 148 valence electrons. The van der Waals surface area contributed by atoms with Gasteiger partial charge in [0.2, 0.25) is 23.7 Å². The molecule has 0 radical (unpaired) electrons. The van der Waals surface area contributed by atoms with E-state index in [1.165, 1.54) is 4.90 Å². The van der Waals surface area contributed by atoms with Crippen LogP contribution in [0.2, 0.25) is 0 Å². The molecule has 3 amide bonds. The van der Waals surface area contributed by atoms with Gasteiger partial charge in [0.05, 0.1) is 22.9 Å². The summed E-state index contributed by atoms with van der Waals surface area (Å²) < 4.78 is 1.99. The number of carbonyl (C=O) groups is 3. The van der Waals surface area contributed by atoms with Gasteiger partial charge in [-0.2, -0.15) is 0 Å². The molecular formula is C21H26N4O3. The molecule has 0 bridgehead atoms. The van der Waals surface area contributed by atoms with Crippen molar-refractivity contribution in [3.63, 3.8) is 0 Å². The van der Waals surface area contributed by atoms with Gasteiger partial charge in [-0.15, -0.1) is 0 Å². The topological polar surface area (TPSA) is 84.3 Å². The van der Waals surface area contributed by atoms with Gasteiger partial charge in [-0.05, 0) is 31.4 Å². The minimum atomic E-state index is -0.233. The van der Waals surface area contributed by atoms with Gasteiger partial charge in [-0.3, -0.25) is 24.6 Å². The molecule has 1 saturated carbocycles. The molecule has 1 aliphatic carbocycles. The van der Waals surface area contributed by atoms with Gasteiger partial charge >= 0.3 is 0 Å². The fraction of sp³-hybridized carbons (Fsp3) is 0.524. The number of hydrogen-bond donors (Lipinski definition) is 1. The first-order valence-electron chi connectivity index (χ1n) is 10.2. The monoisotopic (exact) mass is 382 g/mol. The molecular weight excluding hydrogens is 356 g/mol. The lowest BCUT2D eigenvalue weighted by molar-refractivity contribution is -0.140. The molecule has 1 saturated heterocycles. The van der Waals surface area contributed by atoms with Crippen molar-refractivity contribution in [3.8, 4) is 0 Å². The molecule has 2 aliphatic rings. The summed E-state index contributed by atoms with van der Waals surface area (Å²) in [6, 6.07) is 7.77. The van der Waals surface area contributed by atoms with Crippen LogP contribution < -0.4 is 5.32 Å². The second-order valence-corrected chi connectivity index (χ2v) is 7.70. The van der Waals surface area contributed by atoms with Crippen LogP contribution in [-0.4, -0.2) is 38.7 Å². The van der Waals surface area contributed by atoms with Crippen LogP contribution in [0.3, 0.4) is 0 Å². The van der Waals surface area contributed by atoms with Crippen molar-refractivity contribution in [2.45, 2.75) is 52.0 Å². The summed E-state index contributed by atoms with van der Waals surface area (Å²) in [6.45, 7) is 2.97. The Morgan fingerprint density at radius 1 is 1.11 bits per heavy atom. The summed E-state index contributed by atoms with van der Waals surface area (Å²) in [6.07, 6.45) is 4.59.